The number of hydrogen-bond donors (Lipinski definition) is 0. The average molecular weight is 377 g/mol. The topological polar surface area (TPSA) is 68.5 Å². The first kappa shape index (κ1) is 18.2. The highest BCUT2D eigenvalue weighted by Gasteiger charge is 2.34. The van der Waals surface area contributed by atoms with Gasteiger partial charge in [0.2, 0.25) is 17.6 Å². The third-order valence-corrected chi connectivity index (χ3v) is 5.19. The molecule has 6 nitrogen and oxygen atoms in total. The van der Waals surface area contributed by atoms with Crippen LogP contribution in [-0.4, -0.2) is 34.6 Å². The number of hydrogen-bond acceptors (Lipinski definition) is 5. The molecule has 0 radical (unpaired) electrons. The second kappa shape index (κ2) is 7.46. The monoisotopic (exact) mass is 377 g/mol. The smallest absolute Gasteiger partial charge is 0.232 e. The summed E-state index contributed by atoms with van der Waals surface area (Å²) in [5, 5.41) is 4.16. The number of aromatic nitrogens is 2. The van der Waals surface area contributed by atoms with Crippen molar-refractivity contribution in [3.8, 4) is 17.1 Å². The van der Waals surface area contributed by atoms with Crippen LogP contribution in [-0.2, 0) is 11.3 Å². The molecule has 3 aromatic rings. The lowest BCUT2D eigenvalue weighted by molar-refractivity contribution is -0.128. The number of ether oxygens (including phenoxy) is 1. The first-order valence-corrected chi connectivity index (χ1v) is 9.36. The number of benzene rings is 2. The van der Waals surface area contributed by atoms with E-state index in [-0.39, 0.29) is 11.8 Å². The Labute approximate surface area is 164 Å². The van der Waals surface area contributed by atoms with Gasteiger partial charge in [-0.2, -0.15) is 4.98 Å². The Morgan fingerprint density at radius 1 is 1.21 bits per heavy atom. The maximum absolute atomic E-state index is 12.5. The van der Waals surface area contributed by atoms with Gasteiger partial charge < -0.3 is 14.2 Å². The Morgan fingerprint density at radius 2 is 2.04 bits per heavy atom. The van der Waals surface area contributed by atoms with Crippen LogP contribution >= 0.6 is 0 Å². The molecule has 2 aromatic carbocycles. The molecule has 1 atom stereocenters. The first-order valence-electron chi connectivity index (χ1n) is 9.36. The summed E-state index contributed by atoms with van der Waals surface area (Å²) in [6.45, 7) is 5.14. The van der Waals surface area contributed by atoms with Crippen molar-refractivity contribution in [3.05, 3.63) is 65.0 Å². The molecule has 2 heterocycles. The van der Waals surface area contributed by atoms with E-state index in [1.165, 1.54) is 0 Å². The van der Waals surface area contributed by atoms with Gasteiger partial charge in [-0.15, -0.1) is 0 Å². The average Bonchev–Trinajstić information content (AvgIpc) is 3.31. The summed E-state index contributed by atoms with van der Waals surface area (Å²) in [6.07, 6.45) is 0.379. The highest BCUT2D eigenvalue weighted by molar-refractivity contribution is 5.79. The lowest BCUT2D eigenvalue weighted by atomic mass is 10.1. The number of para-hydroxylation sites is 1. The van der Waals surface area contributed by atoms with E-state index in [9.17, 15) is 4.79 Å². The van der Waals surface area contributed by atoms with Crippen molar-refractivity contribution in [3.63, 3.8) is 0 Å². The summed E-state index contributed by atoms with van der Waals surface area (Å²) in [6, 6.07) is 13.9. The first-order chi connectivity index (χ1) is 13.5. The minimum absolute atomic E-state index is 0.0855. The van der Waals surface area contributed by atoms with Crippen molar-refractivity contribution in [2.24, 2.45) is 0 Å². The maximum atomic E-state index is 12.5. The van der Waals surface area contributed by atoms with E-state index in [1.807, 2.05) is 43.0 Å². The van der Waals surface area contributed by atoms with Crippen molar-refractivity contribution < 1.29 is 14.1 Å². The predicted molar refractivity (Wildman–Crippen MR) is 105 cm³/mol. The molecular weight excluding hydrogens is 354 g/mol. The molecule has 0 spiro atoms. The van der Waals surface area contributed by atoms with Crippen LogP contribution in [0.2, 0.25) is 0 Å². The number of aryl methyl sites for hydroxylation is 2. The lowest BCUT2D eigenvalue weighted by Crippen LogP contribution is -2.24. The second-order valence-corrected chi connectivity index (χ2v) is 7.26. The van der Waals surface area contributed by atoms with Crippen LogP contribution in [0.4, 0.5) is 0 Å². The standard InChI is InChI=1S/C22H23N3O3/c1-14-8-9-15(2)18(10-14)21-23-22(28-24-21)17-11-20(26)25(13-17)12-16-6-4-5-7-19(16)27-3/h4-10,17H,11-13H2,1-3H3. The van der Waals surface area contributed by atoms with Crippen LogP contribution < -0.4 is 4.74 Å². The molecule has 1 aliphatic rings. The molecule has 1 amide bonds. The molecule has 0 aliphatic carbocycles. The van der Waals surface area contributed by atoms with Crippen LogP contribution in [0, 0.1) is 13.8 Å². The predicted octanol–water partition coefficient (Wildman–Crippen LogP) is 3.88. The lowest BCUT2D eigenvalue weighted by Gasteiger charge is -2.17. The molecule has 1 aromatic heterocycles. The summed E-state index contributed by atoms with van der Waals surface area (Å²) < 4.78 is 10.9. The van der Waals surface area contributed by atoms with E-state index >= 15 is 0 Å². The third-order valence-electron chi connectivity index (χ3n) is 5.19. The molecule has 1 aliphatic heterocycles. The number of rotatable bonds is 5. The zero-order valence-electron chi connectivity index (χ0n) is 16.3. The van der Waals surface area contributed by atoms with Crippen LogP contribution in [0.3, 0.4) is 0 Å². The molecule has 0 N–H and O–H groups in total. The van der Waals surface area contributed by atoms with Gasteiger partial charge in [0.05, 0.1) is 13.0 Å². The summed E-state index contributed by atoms with van der Waals surface area (Å²) >= 11 is 0. The fourth-order valence-corrected chi connectivity index (χ4v) is 3.62. The Morgan fingerprint density at radius 3 is 2.86 bits per heavy atom. The van der Waals surface area contributed by atoms with Crippen molar-refractivity contribution in [1.29, 1.82) is 0 Å². The minimum atomic E-state index is -0.0893. The van der Waals surface area contributed by atoms with E-state index in [1.54, 1.807) is 7.11 Å². The van der Waals surface area contributed by atoms with Crippen molar-refractivity contribution in [1.82, 2.24) is 15.0 Å². The number of carbonyl (C=O) groups excluding carboxylic acids is 1. The molecule has 1 unspecified atom stereocenters. The zero-order valence-corrected chi connectivity index (χ0v) is 16.3. The Kier molecular flexibility index (Phi) is 4.86. The summed E-state index contributed by atoms with van der Waals surface area (Å²) in [4.78, 5) is 18.9. The van der Waals surface area contributed by atoms with Crippen LogP contribution in [0.15, 0.2) is 47.0 Å². The van der Waals surface area contributed by atoms with Crippen LogP contribution in [0.25, 0.3) is 11.4 Å². The molecule has 1 fully saturated rings. The van der Waals surface area contributed by atoms with Gasteiger partial charge in [-0.3, -0.25) is 4.79 Å². The van der Waals surface area contributed by atoms with Gasteiger partial charge in [0.1, 0.15) is 5.75 Å². The molecule has 4 rings (SSSR count). The fourth-order valence-electron chi connectivity index (χ4n) is 3.62. The number of nitrogens with zero attached hydrogens (tertiary/aromatic N) is 3. The molecular formula is C22H23N3O3. The van der Waals surface area contributed by atoms with E-state index in [0.29, 0.717) is 31.2 Å². The normalized spacial score (nSPS) is 16.6. The van der Waals surface area contributed by atoms with Crippen molar-refractivity contribution in [2.45, 2.75) is 32.7 Å². The van der Waals surface area contributed by atoms with Gasteiger partial charge in [-0.05, 0) is 31.5 Å². The summed E-state index contributed by atoms with van der Waals surface area (Å²) in [5.41, 5.74) is 4.19. The quantitative estimate of drug-likeness (QED) is 0.675. The molecule has 0 saturated carbocycles. The highest BCUT2D eigenvalue weighted by atomic mass is 16.5. The number of amides is 1. The van der Waals surface area contributed by atoms with Crippen molar-refractivity contribution >= 4 is 5.91 Å². The highest BCUT2D eigenvalue weighted by Crippen LogP contribution is 2.31. The summed E-state index contributed by atoms with van der Waals surface area (Å²) in [5.74, 6) is 1.88. The molecule has 28 heavy (non-hydrogen) atoms. The Hall–Kier alpha value is -3.15. The SMILES string of the molecule is COc1ccccc1CN1CC(c2nc(-c3cc(C)ccc3C)no2)CC1=O. The van der Waals surface area contributed by atoms with Crippen molar-refractivity contribution in [2.75, 3.05) is 13.7 Å². The Balaban J connectivity index is 1.52. The number of likely N-dealkylation sites (tertiary alicyclic amines) is 1. The fraction of sp³-hybridized carbons (Fsp3) is 0.318. The minimum Gasteiger partial charge on any atom is -0.496 e. The van der Waals surface area contributed by atoms with Crippen LogP contribution in [0.5, 0.6) is 5.75 Å². The van der Waals surface area contributed by atoms with Crippen LogP contribution in [0.1, 0.15) is 34.9 Å². The summed E-state index contributed by atoms with van der Waals surface area (Å²) in [7, 11) is 1.64. The van der Waals surface area contributed by atoms with Gasteiger partial charge in [0.15, 0.2) is 0 Å². The van der Waals surface area contributed by atoms with Gasteiger partial charge >= 0.3 is 0 Å². The Bertz CT molecular complexity index is 1010. The van der Waals surface area contributed by atoms with Gasteiger partial charge in [-0.1, -0.05) is 41.1 Å². The zero-order chi connectivity index (χ0) is 19.7. The largest absolute Gasteiger partial charge is 0.496 e. The third kappa shape index (κ3) is 3.50. The van der Waals surface area contributed by atoms with Gasteiger partial charge in [0.25, 0.3) is 0 Å². The maximum Gasteiger partial charge on any atom is 0.232 e. The molecule has 1 saturated heterocycles. The van der Waals surface area contributed by atoms with E-state index in [0.717, 1.165) is 28.0 Å². The van der Waals surface area contributed by atoms with E-state index in [2.05, 4.69) is 28.3 Å². The van der Waals surface area contributed by atoms with E-state index in [4.69, 9.17) is 9.26 Å². The van der Waals surface area contributed by atoms with E-state index < -0.39 is 0 Å². The number of methoxy groups -OCH3 is 1. The molecule has 144 valence electrons. The molecule has 6 heteroatoms. The van der Waals surface area contributed by atoms with Gasteiger partial charge in [0, 0.05) is 30.6 Å². The second-order valence-electron chi connectivity index (χ2n) is 7.26. The van der Waals surface area contributed by atoms with Gasteiger partial charge in [-0.25, -0.2) is 0 Å². The molecule has 0 bridgehead atoms. The number of carbonyl (C=O) groups is 1.